The Hall–Kier alpha value is -0.850. The van der Waals surface area contributed by atoms with Crippen LogP contribution in [0.4, 0.5) is 48.3 Å². The second-order valence-corrected chi connectivity index (χ2v) is 4.99. The normalized spacial score (nSPS) is 21.8. The van der Waals surface area contributed by atoms with E-state index in [1.54, 1.807) is 0 Å². The molecule has 0 heterocycles. The highest BCUT2D eigenvalue weighted by atomic mass is 19.4. The van der Waals surface area contributed by atoms with Crippen molar-refractivity contribution >= 4 is 0 Å². The van der Waals surface area contributed by atoms with Crippen molar-refractivity contribution in [2.75, 3.05) is 13.7 Å². The predicted octanol–water partition coefficient (Wildman–Crippen LogP) is 4.88. The molecule has 3 atom stereocenters. The molecular weight excluding hydrogens is 373 g/mol. The van der Waals surface area contributed by atoms with Crippen molar-refractivity contribution in [1.29, 1.82) is 0 Å². The summed E-state index contributed by atoms with van der Waals surface area (Å²) in [7, 11) is 0.388. The third-order valence-electron chi connectivity index (χ3n) is 3.22. The first-order chi connectivity index (χ1) is 10.3. The number of alkyl halides is 11. The first kappa shape index (κ1) is 23.1. The van der Waals surface area contributed by atoms with E-state index in [9.17, 15) is 48.3 Å². The fraction of sp³-hybridized carbons (Fsp3) is 1.00. The molecule has 0 amide bonds. The van der Waals surface area contributed by atoms with Crippen molar-refractivity contribution in [3.05, 3.63) is 0 Å². The summed E-state index contributed by atoms with van der Waals surface area (Å²) in [5.41, 5.74) is -10.7. The molecule has 0 aliphatic rings. The smallest absolute Gasteiger partial charge is 0.378 e. The van der Waals surface area contributed by atoms with Gasteiger partial charge in [-0.3, -0.25) is 4.74 Å². The SMILES string of the molecule is CCC(C)(F)C(F)(C(F)(F)F)C(F)(F)OC(F)(COC)C(F)(F)F. The van der Waals surface area contributed by atoms with Crippen molar-refractivity contribution in [1.82, 2.24) is 0 Å². The van der Waals surface area contributed by atoms with E-state index >= 15 is 0 Å². The minimum atomic E-state index is -6.73. The first-order valence-electron chi connectivity index (χ1n) is 6.10. The van der Waals surface area contributed by atoms with E-state index in [2.05, 4.69) is 9.47 Å². The average Bonchev–Trinajstić information content (AvgIpc) is 2.34. The van der Waals surface area contributed by atoms with Gasteiger partial charge in [-0.1, -0.05) is 6.92 Å². The van der Waals surface area contributed by atoms with Crippen molar-refractivity contribution in [3.63, 3.8) is 0 Å². The van der Waals surface area contributed by atoms with E-state index in [4.69, 9.17) is 0 Å². The van der Waals surface area contributed by atoms with Gasteiger partial charge in [-0.15, -0.1) is 0 Å². The maximum Gasteiger partial charge on any atom is 0.451 e. The zero-order valence-electron chi connectivity index (χ0n) is 12.4. The Morgan fingerprint density at radius 1 is 0.750 bits per heavy atom. The Kier molecular flexibility index (Phi) is 6.24. The molecule has 0 aromatic heterocycles. The summed E-state index contributed by atoms with van der Waals surface area (Å²) in [6.45, 7) is -2.07. The lowest BCUT2D eigenvalue weighted by Gasteiger charge is -2.43. The van der Waals surface area contributed by atoms with Crippen molar-refractivity contribution in [3.8, 4) is 0 Å². The number of rotatable bonds is 7. The third-order valence-corrected chi connectivity index (χ3v) is 3.22. The number of hydrogen-bond donors (Lipinski definition) is 0. The molecule has 0 fully saturated rings. The zero-order chi connectivity index (χ0) is 19.8. The molecule has 0 N–H and O–H groups in total. The van der Waals surface area contributed by atoms with E-state index in [1.807, 2.05) is 0 Å². The average molecular weight is 386 g/mol. The zero-order valence-corrected chi connectivity index (χ0v) is 12.4. The minimum Gasteiger partial charge on any atom is -0.378 e. The van der Waals surface area contributed by atoms with Crippen LogP contribution in [0.2, 0.25) is 0 Å². The molecule has 13 heteroatoms. The van der Waals surface area contributed by atoms with Crippen LogP contribution < -0.4 is 0 Å². The molecule has 0 rings (SSSR count). The highest BCUT2D eigenvalue weighted by molar-refractivity contribution is 5.09. The van der Waals surface area contributed by atoms with E-state index in [0.717, 1.165) is 0 Å². The standard InChI is InChI=1S/C11H13F11O2/c1-4-6(2,12)8(14,10(18,19)20)11(21,22)24-7(13,5-23-3)9(15,16)17/h4-5H2,1-3H3. The molecule has 0 radical (unpaired) electrons. The van der Waals surface area contributed by atoms with Crippen molar-refractivity contribution in [2.45, 2.75) is 55.9 Å². The Morgan fingerprint density at radius 3 is 1.42 bits per heavy atom. The maximum absolute atomic E-state index is 14.1. The lowest BCUT2D eigenvalue weighted by Crippen LogP contribution is -2.69. The second kappa shape index (κ2) is 6.46. The van der Waals surface area contributed by atoms with Gasteiger partial charge in [0.2, 0.25) is 0 Å². The topological polar surface area (TPSA) is 18.5 Å². The molecule has 3 unspecified atom stereocenters. The molecule has 24 heavy (non-hydrogen) atoms. The lowest BCUT2D eigenvalue weighted by atomic mass is 9.83. The molecule has 146 valence electrons. The van der Waals surface area contributed by atoms with Crippen LogP contribution in [0.25, 0.3) is 0 Å². The molecule has 0 bridgehead atoms. The Morgan fingerprint density at radius 2 is 1.17 bits per heavy atom. The van der Waals surface area contributed by atoms with Gasteiger partial charge in [0, 0.05) is 7.11 Å². The highest BCUT2D eigenvalue weighted by Gasteiger charge is 2.83. The van der Waals surface area contributed by atoms with Gasteiger partial charge < -0.3 is 4.74 Å². The first-order valence-corrected chi connectivity index (χ1v) is 6.10. The molecule has 2 nitrogen and oxygen atoms in total. The van der Waals surface area contributed by atoms with Gasteiger partial charge >= 0.3 is 30.0 Å². The molecule has 0 aromatic carbocycles. The van der Waals surface area contributed by atoms with Crippen LogP contribution in [0.1, 0.15) is 20.3 Å². The predicted molar refractivity (Wildman–Crippen MR) is 57.5 cm³/mol. The Labute approximate surface area is 128 Å². The van der Waals surface area contributed by atoms with Crippen LogP contribution in [0, 0.1) is 0 Å². The van der Waals surface area contributed by atoms with Gasteiger partial charge in [0.25, 0.3) is 0 Å². The fourth-order valence-electron chi connectivity index (χ4n) is 1.64. The van der Waals surface area contributed by atoms with E-state index in [-0.39, 0.29) is 6.92 Å². The quantitative estimate of drug-likeness (QED) is 0.581. The van der Waals surface area contributed by atoms with Gasteiger partial charge in [-0.2, -0.15) is 39.5 Å². The maximum atomic E-state index is 14.1. The van der Waals surface area contributed by atoms with Gasteiger partial charge in [-0.25, -0.2) is 8.78 Å². The third kappa shape index (κ3) is 3.70. The number of methoxy groups -OCH3 is 1. The largest absolute Gasteiger partial charge is 0.451 e. The van der Waals surface area contributed by atoms with Crippen molar-refractivity contribution < 1.29 is 57.8 Å². The summed E-state index contributed by atoms with van der Waals surface area (Å²) < 4.78 is 151. The van der Waals surface area contributed by atoms with Crippen molar-refractivity contribution in [2.24, 2.45) is 0 Å². The number of ether oxygens (including phenoxy) is 2. The summed E-state index contributed by atoms with van der Waals surface area (Å²) in [4.78, 5) is 0. The van der Waals surface area contributed by atoms with Crippen LogP contribution >= 0.6 is 0 Å². The fourth-order valence-corrected chi connectivity index (χ4v) is 1.64. The molecule has 0 aliphatic carbocycles. The molecule has 0 aliphatic heterocycles. The number of halogens is 11. The van der Waals surface area contributed by atoms with Crippen LogP contribution in [0.5, 0.6) is 0 Å². The summed E-state index contributed by atoms with van der Waals surface area (Å²) in [5, 5.41) is 0. The Bertz CT molecular complexity index is 431. The number of hydrogen-bond acceptors (Lipinski definition) is 2. The van der Waals surface area contributed by atoms with E-state index in [1.165, 1.54) is 0 Å². The van der Waals surface area contributed by atoms with Crippen LogP contribution in [0.15, 0.2) is 0 Å². The summed E-state index contributed by atoms with van der Waals surface area (Å²) in [6.07, 6.45) is -21.2. The molecule has 0 saturated carbocycles. The van der Waals surface area contributed by atoms with E-state index < -0.39 is 48.7 Å². The van der Waals surface area contributed by atoms with Gasteiger partial charge in [0.15, 0.2) is 5.67 Å². The summed E-state index contributed by atoms with van der Waals surface area (Å²) in [6, 6.07) is 0. The van der Waals surface area contributed by atoms with Gasteiger partial charge in [0.05, 0.1) is 0 Å². The Balaban J connectivity index is 6.23. The van der Waals surface area contributed by atoms with Gasteiger partial charge in [0.1, 0.15) is 6.61 Å². The lowest BCUT2D eigenvalue weighted by molar-refractivity contribution is -0.477. The molecule has 0 spiro atoms. The summed E-state index contributed by atoms with van der Waals surface area (Å²) in [5.74, 6) is -5.52. The monoisotopic (exact) mass is 386 g/mol. The molecule has 0 saturated heterocycles. The highest BCUT2D eigenvalue weighted by Crippen LogP contribution is 2.56. The second-order valence-electron chi connectivity index (χ2n) is 4.99. The van der Waals surface area contributed by atoms with Gasteiger partial charge in [-0.05, 0) is 13.3 Å². The summed E-state index contributed by atoms with van der Waals surface area (Å²) >= 11 is 0. The minimum absolute atomic E-state index is 0.262. The van der Waals surface area contributed by atoms with Crippen LogP contribution in [0.3, 0.4) is 0 Å². The van der Waals surface area contributed by atoms with Crippen LogP contribution in [-0.2, 0) is 9.47 Å². The van der Waals surface area contributed by atoms with Crippen LogP contribution in [-0.4, -0.2) is 49.4 Å². The van der Waals surface area contributed by atoms with E-state index in [0.29, 0.717) is 14.0 Å². The molecule has 0 aromatic rings. The molecular formula is C11H13F11O2.